The SMILES string of the molecule is CC(C)(C)c1cccc(OC2CCN(Cc3ccccc3)CC2)c1. The van der Waals surface area contributed by atoms with Crippen molar-refractivity contribution in [2.24, 2.45) is 0 Å². The number of hydrogen-bond donors (Lipinski definition) is 0. The largest absolute Gasteiger partial charge is 0.490 e. The van der Waals surface area contributed by atoms with E-state index in [-0.39, 0.29) is 5.41 Å². The summed E-state index contributed by atoms with van der Waals surface area (Å²) < 4.78 is 6.26. The summed E-state index contributed by atoms with van der Waals surface area (Å²) in [7, 11) is 0. The molecule has 128 valence electrons. The van der Waals surface area contributed by atoms with E-state index < -0.39 is 0 Å². The Morgan fingerprint density at radius 2 is 1.67 bits per heavy atom. The Morgan fingerprint density at radius 3 is 2.33 bits per heavy atom. The lowest BCUT2D eigenvalue weighted by Gasteiger charge is -2.32. The Labute approximate surface area is 146 Å². The van der Waals surface area contributed by atoms with E-state index in [1.54, 1.807) is 0 Å². The second kappa shape index (κ2) is 7.40. The van der Waals surface area contributed by atoms with E-state index in [4.69, 9.17) is 4.74 Å². The number of nitrogens with zero attached hydrogens (tertiary/aromatic N) is 1. The minimum absolute atomic E-state index is 0.165. The summed E-state index contributed by atoms with van der Waals surface area (Å²) in [5, 5.41) is 0. The normalized spacial score (nSPS) is 17.0. The van der Waals surface area contributed by atoms with Crippen LogP contribution in [0.25, 0.3) is 0 Å². The number of benzene rings is 2. The van der Waals surface area contributed by atoms with E-state index in [1.807, 2.05) is 0 Å². The zero-order valence-electron chi connectivity index (χ0n) is 15.2. The molecule has 0 bridgehead atoms. The van der Waals surface area contributed by atoms with E-state index in [2.05, 4.69) is 80.3 Å². The molecule has 0 saturated carbocycles. The summed E-state index contributed by atoms with van der Waals surface area (Å²) in [6, 6.07) is 19.3. The fraction of sp³-hybridized carbons (Fsp3) is 0.455. The molecule has 2 aromatic carbocycles. The van der Waals surface area contributed by atoms with Gasteiger partial charge in [-0.2, -0.15) is 0 Å². The molecule has 0 aliphatic carbocycles. The summed E-state index contributed by atoms with van der Waals surface area (Å²) in [4.78, 5) is 2.53. The summed E-state index contributed by atoms with van der Waals surface area (Å²) in [6.07, 6.45) is 2.55. The minimum atomic E-state index is 0.165. The second-order valence-electron chi connectivity index (χ2n) is 7.86. The molecule has 2 heteroatoms. The first-order chi connectivity index (χ1) is 11.5. The Morgan fingerprint density at radius 1 is 0.958 bits per heavy atom. The van der Waals surface area contributed by atoms with Crippen LogP contribution in [0.4, 0.5) is 0 Å². The summed E-state index contributed by atoms with van der Waals surface area (Å²) in [6.45, 7) is 10.0. The predicted molar refractivity (Wildman–Crippen MR) is 101 cm³/mol. The highest BCUT2D eigenvalue weighted by atomic mass is 16.5. The van der Waals surface area contributed by atoms with Crippen LogP contribution in [-0.4, -0.2) is 24.1 Å². The van der Waals surface area contributed by atoms with Crippen molar-refractivity contribution in [3.8, 4) is 5.75 Å². The van der Waals surface area contributed by atoms with Gasteiger partial charge < -0.3 is 4.74 Å². The maximum absolute atomic E-state index is 6.26. The molecule has 2 aromatic rings. The van der Waals surface area contributed by atoms with Gasteiger partial charge in [-0.15, -0.1) is 0 Å². The van der Waals surface area contributed by atoms with Crippen LogP contribution in [0.5, 0.6) is 5.75 Å². The van der Waals surface area contributed by atoms with Gasteiger partial charge in [0, 0.05) is 19.6 Å². The van der Waals surface area contributed by atoms with Crippen molar-refractivity contribution in [1.29, 1.82) is 0 Å². The van der Waals surface area contributed by atoms with Crippen LogP contribution < -0.4 is 4.74 Å². The number of piperidine rings is 1. The molecular weight excluding hydrogens is 294 g/mol. The Balaban J connectivity index is 1.52. The van der Waals surface area contributed by atoms with Crippen LogP contribution in [0, 0.1) is 0 Å². The molecule has 1 saturated heterocycles. The van der Waals surface area contributed by atoms with Crippen molar-refractivity contribution in [1.82, 2.24) is 4.90 Å². The maximum Gasteiger partial charge on any atom is 0.120 e. The van der Waals surface area contributed by atoms with Crippen LogP contribution in [0.2, 0.25) is 0 Å². The van der Waals surface area contributed by atoms with E-state index in [0.717, 1.165) is 38.2 Å². The minimum Gasteiger partial charge on any atom is -0.490 e. The average Bonchev–Trinajstić information content (AvgIpc) is 2.57. The van der Waals surface area contributed by atoms with Gasteiger partial charge in [-0.25, -0.2) is 0 Å². The van der Waals surface area contributed by atoms with Crippen LogP contribution in [0.3, 0.4) is 0 Å². The molecule has 0 radical (unpaired) electrons. The van der Waals surface area contributed by atoms with Crippen LogP contribution in [0.15, 0.2) is 54.6 Å². The molecule has 0 spiro atoms. The highest BCUT2D eigenvalue weighted by molar-refractivity contribution is 5.32. The summed E-state index contributed by atoms with van der Waals surface area (Å²) in [5.74, 6) is 1.02. The second-order valence-corrected chi connectivity index (χ2v) is 7.86. The van der Waals surface area contributed by atoms with E-state index >= 15 is 0 Å². The lowest BCUT2D eigenvalue weighted by Crippen LogP contribution is -2.37. The van der Waals surface area contributed by atoms with Gasteiger partial charge >= 0.3 is 0 Å². The highest BCUT2D eigenvalue weighted by Gasteiger charge is 2.21. The van der Waals surface area contributed by atoms with E-state index in [9.17, 15) is 0 Å². The fourth-order valence-corrected chi connectivity index (χ4v) is 3.26. The molecule has 1 fully saturated rings. The van der Waals surface area contributed by atoms with Gasteiger partial charge in [0.05, 0.1) is 0 Å². The smallest absolute Gasteiger partial charge is 0.120 e. The predicted octanol–water partition coefficient (Wildman–Crippen LogP) is 5.03. The monoisotopic (exact) mass is 323 g/mol. The third-order valence-corrected chi connectivity index (χ3v) is 4.79. The van der Waals surface area contributed by atoms with Gasteiger partial charge in [0.25, 0.3) is 0 Å². The first kappa shape index (κ1) is 17.0. The summed E-state index contributed by atoms with van der Waals surface area (Å²) in [5.41, 5.74) is 2.90. The highest BCUT2D eigenvalue weighted by Crippen LogP contribution is 2.27. The quantitative estimate of drug-likeness (QED) is 0.782. The molecule has 0 unspecified atom stereocenters. The van der Waals surface area contributed by atoms with Crippen molar-refractivity contribution in [3.63, 3.8) is 0 Å². The van der Waals surface area contributed by atoms with Crippen molar-refractivity contribution < 1.29 is 4.74 Å². The third kappa shape index (κ3) is 4.61. The maximum atomic E-state index is 6.26. The average molecular weight is 323 g/mol. The first-order valence-electron chi connectivity index (χ1n) is 9.04. The number of ether oxygens (including phenoxy) is 1. The zero-order valence-corrected chi connectivity index (χ0v) is 15.2. The standard InChI is InChI=1S/C22H29NO/c1-22(2,3)19-10-7-11-21(16-19)24-20-12-14-23(15-13-20)17-18-8-5-4-6-9-18/h4-11,16,20H,12-15,17H2,1-3H3. The van der Waals surface area contributed by atoms with Crippen molar-refractivity contribution >= 4 is 0 Å². The Kier molecular flexibility index (Phi) is 5.25. The molecule has 24 heavy (non-hydrogen) atoms. The van der Waals surface area contributed by atoms with Crippen molar-refractivity contribution in [2.75, 3.05) is 13.1 Å². The molecule has 1 aliphatic rings. The lowest BCUT2D eigenvalue weighted by molar-refractivity contribution is 0.0967. The Hall–Kier alpha value is -1.80. The molecule has 0 N–H and O–H groups in total. The molecule has 0 aromatic heterocycles. The number of hydrogen-bond acceptors (Lipinski definition) is 2. The van der Waals surface area contributed by atoms with Crippen molar-refractivity contribution in [3.05, 3.63) is 65.7 Å². The van der Waals surface area contributed by atoms with Gasteiger partial charge in [0.1, 0.15) is 11.9 Å². The van der Waals surface area contributed by atoms with Gasteiger partial charge in [0.15, 0.2) is 0 Å². The van der Waals surface area contributed by atoms with Gasteiger partial charge in [-0.3, -0.25) is 4.90 Å². The van der Waals surface area contributed by atoms with E-state index in [0.29, 0.717) is 6.10 Å². The molecule has 1 heterocycles. The molecule has 2 nitrogen and oxygen atoms in total. The van der Waals surface area contributed by atoms with Crippen LogP contribution in [0.1, 0.15) is 44.7 Å². The lowest BCUT2D eigenvalue weighted by atomic mass is 9.87. The Bertz CT molecular complexity index is 637. The zero-order chi connectivity index (χ0) is 17.0. The molecule has 1 aliphatic heterocycles. The van der Waals surface area contributed by atoms with E-state index in [1.165, 1.54) is 11.1 Å². The topological polar surface area (TPSA) is 12.5 Å². The van der Waals surface area contributed by atoms with Gasteiger partial charge in [0.2, 0.25) is 0 Å². The number of likely N-dealkylation sites (tertiary alicyclic amines) is 1. The van der Waals surface area contributed by atoms with Crippen LogP contribution in [-0.2, 0) is 12.0 Å². The van der Waals surface area contributed by atoms with Gasteiger partial charge in [-0.1, -0.05) is 63.2 Å². The first-order valence-corrected chi connectivity index (χ1v) is 9.04. The molecule has 3 rings (SSSR count). The molecule has 0 atom stereocenters. The number of rotatable bonds is 4. The third-order valence-electron chi connectivity index (χ3n) is 4.79. The molecular formula is C22H29NO. The van der Waals surface area contributed by atoms with Gasteiger partial charge in [-0.05, 0) is 41.5 Å². The summed E-state index contributed by atoms with van der Waals surface area (Å²) >= 11 is 0. The molecule has 0 amide bonds. The fourth-order valence-electron chi connectivity index (χ4n) is 3.26. The van der Waals surface area contributed by atoms with Crippen LogP contribution >= 0.6 is 0 Å². The van der Waals surface area contributed by atoms with Crippen molar-refractivity contribution in [2.45, 2.75) is 51.7 Å².